The number of halogens is 2. The van der Waals surface area contributed by atoms with E-state index in [1.807, 2.05) is 18.2 Å². The molecule has 0 aliphatic heterocycles. The van der Waals surface area contributed by atoms with Gasteiger partial charge in [0.2, 0.25) is 0 Å². The summed E-state index contributed by atoms with van der Waals surface area (Å²) < 4.78 is 0.962. The normalized spacial score (nSPS) is 10.8. The molecule has 90 valence electrons. The molecule has 0 bridgehead atoms. The lowest BCUT2D eigenvalue weighted by molar-refractivity contribution is 0.715. The Morgan fingerprint density at radius 1 is 1.41 bits per heavy atom. The van der Waals surface area contributed by atoms with E-state index in [1.165, 1.54) is 0 Å². The molecule has 0 saturated heterocycles. The second-order valence-electron chi connectivity index (χ2n) is 3.41. The average Bonchev–Trinajstić information content (AvgIpc) is 2.75. The molecule has 1 N–H and O–H groups in total. The van der Waals surface area contributed by atoms with Gasteiger partial charge in [-0.1, -0.05) is 45.8 Å². The van der Waals surface area contributed by atoms with Gasteiger partial charge in [0.25, 0.3) is 0 Å². The first-order valence-corrected chi connectivity index (χ1v) is 7.18. The summed E-state index contributed by atoms with van der Waals surface area (Å²) in [5, 5.41) is 14.0. The molecule has 1 aromatic carbocycles. The molecule has 2 aromatic rings. The van der Waals surface area contributed by atoms with E-state index in [2.05, 4.69) is 38.4 Å². The molecule has 1 heterocycles. The topological polar surface area (TPSA) is 37.8 Å². The van der Waals surface area contributed by atoms with Crippen molar-refractivity contribution in [2.24, 2.45) is 0 Å². The highest BCUT2D eigenvalue weighted by Gasteiger charge is 2.10. The summed E-state index contributed by atoms with van der Waals surface area (Å²) in [6.45, 7) is 3.74. The van der Waals surface area contributed by atoms with E-state index in [0.29, 0.717) is 5.02 Å². The largest absolute Gasteiger partial charge is 0.311 e. The monoisotopic (exact) mass is 331 g/mol. The third kappa shape index (κ3) is 3.25. The van der Waals surface area contributed by atoms with Gasteiger partial charge in [-0.15, -0.1) is 10.2 Å². The fourth-order valence-corrected chi connectivity index (χ4v) is 3.00. The van der Waals surface area contributed by atoms with Gasteiger partial charge in [-0.2, -0.15) is 0 Å². The smallest absolute Gasteiger partial charge is 0.149 e. The number of benzene rings is 1. The van der Waals surface area contributed by atoms with Crippen LogP contribution in [0.4, 0.5) is 0 Å². The Kier molecular flexibility index (Phi) is 4.50. The molecule has 0 saturated carbocycles. The molecule has 0 aliphatic carbocycles. The third-order valence-electron chi connectivity index (χ3n) is 2.15. The van der Waals surface area contributed by atoms with Crippen LogP contribution in [0.25, 0.3) is 10.6 Å². The first-order valence-electron chi connectivity index (χ1n) is 5.19. The predicted molar refractivity (Wildman–Crippen MR) is 75.4 cm³/mol. The molecule has 0 radical (unpaired) electrons. The third-order valence-corrected chi connectivity index (χ3v) is 3.92. The molecule has 0 spiro atoms. The van der Waals surface area contributed by atoms with Gasteiger partial charge >= 0.3 is 0 Å². The zero-order chi connectivity index (χ0) is 12.3. The summed E-state index contributed by atoms with van der Waals surface area (Å²) in [5.41, 5.74) is 0.926. The molecule has 3 nitrogen and oxygen atoms in total. The van der Waals surface area contributed by atoms with Gasteiger partial charge in [0.1, 0.15) is 10.0 Å². The van der Waals surface area contributed by atoms with Gasteiger partial charge in [0, 0.05) is 16.6 Å². The second kappa shape index (κ2) is 5.91. The second-order valence-corrected chi connectivity index (χ2v) is 5.79. The van der Waals surface area contributed by atoms with Gasteiger partial charge < -0.3 is 5.32 Å². The van der Waals surface area contributed by atoms with Crippen molar-refractivity contribution in [1.82, 2.24) is 15.5 Å². The van der Waals surface area contributed by atoms with Crippen LogP contribution in [0.3, 0.4) is 0 Å². The van der Waals surface area contributed by atoms with Crippen LogP contribution in [0, 0.1) is 0 Å². The van der Waals surface area contributed by atoms with Gasteiger partial charge in [0.15, 0.2) is 0 Å². The zero-order valence-corrected chi connectivity index (χ0v) is 12.4. The standard InChI is InChI=1S/C11H11BrClN3S/c1-2-14-6-10-15-16-11(17-10)8-4-3-7(12)5-9(8)13/h3-5,14H,2,6H2,1H3. The highest BCUT2D eigenvalue weighted by molar-refractivity contribution is 9.10. The first-order chi connectivity index (χ1) is 8.20. The fourth-order valence-electron chi connectivity index (χ4n) is 1.33. The molecule has 6 heteroatoms. The van der Waals surface area contributed by atoms with Crippen LogP contribution < -0.4 is 5.32 Å². The summed E-state index contributed by atoms with van der Waals surface area (Å²) in [6.07, 6.45) is 0. The Morgan fingerprint density at radius 2 is 2.24 bits per heavy atom. The Morgan fingerprint density at radius 3 is 2.94 bits per heavy atom. The molecular formula is C11H11BrClN3S. The number of rotatable bonds is 4. The molecule has 17 heavy (non-hydrogen) atoms. The van der Waals surface area contributed by atoms with Gasteiger partial charge in [-0.05, 0) is 24.7 Å². The van der Waals surface area contributed by atoms with Crippen molar-refractivity contribution in [3.63, 3.8) is 0 Å². The maximum Gasteiger partial charge on any atom is 0.149 e. The van der Waals surface area contributed by atoms with E-state index >= 15 is 0 Å². The van der Waals surface area contributed by atoms with E-state index < -0.39 is 0 Å². The average molecular weight is 333 g/mol. The maximum atomic E-state index is 6.17. The lowest BCUT2D eigenvalue weighted by Crippen LogP contribution is -2.11. The highest BCUT2D eigenvalue weighted by Crippen LogP contribution is 2.32. The number of aromatic nitrogens is 2. The van der Waals surface area contributed by atoms with Crippen molar-refractivity contribution in [3.05, 3.63) is 32.7 Å². The Hall–Kier alpha value is -0.490. The van der Waals surface area contributed by atoms with Crippen LogP contribution in [0.15, 0.2) is 22.7 Å². The summed E-state index contributed by atoms with van der Waals surface area (Å²) in [4.78, 5) is 0. The van der Waals surface area contributed by atoms with Gasteiger partial charge in [-0.25, -0.2) is 0 Å². The van der Waals surface area contributed by atoms with E-state index in [4.69, 9.17) is 11.6 Å². The van der Waals surface area contributed by atoms with Crippen molar-refractivity contribution >= 4 is 38.9 Å². The zero-order valence-electron chi connectivity index (χ0n) is 9.20. The minimum absolute atomic E-state index is 0.686. The fraction of sp³-hybridized carbons (Fsp3) is 0.273. The minimum atomic E-state index is 0.686. The lowest BCUT2D eigenvalue weighted by atomic mass is 10.2. The predicted octanol–water partition coefficient (Wildman–Crippen LogP) is 3.73. The Balaban J connectivity index is 2.24. The van der Waals surface area contributed by atoms with Crippen LogP contribution in [0.5, 0.6) is 0 Å². The van der Waals surface area contributed by atoms with Crippen LogP contribution in [0.2, 0.25) is 5.02 Å². The number of hydrogen-bond donors (Lipinski definition) is 1. The summed E-state index contributed by atoms with van der Waals surface area (Å²) >= 11 is 11.1. The quantitative estimate of drug-likeness (QED) is 0.927. The molecule has 0 aliphatic rings. The van der Waals surface area contributed by atoms with Crippen molar-refractivity contribution in [2.75, 3.05) is 6.54 Å². The first kappa shape index (κ1) is 13.0. The van der Waals surface area contributed by atoms with Crippen LogP contribution in [0.1, 0.15) is 11.9 Å². The molecule has 0 amide bonds. The van der Waals surface area contributed by atoms with Gasteiger partial charge in [-0.3, -0.25) is 0 Å². The van der Waals surface area contributed by atoms with Crippen molar-refractivity contribution in [3.8, 4) is 10.6 Å². The summed E-state index contributed by atoms with van der Waals surface area (Å²) in [6, 6.07) is 5.76. The Bertz CT molecular complexity index is 515. The number of hydrogen-bond acceptors (Lipinski definition) is 4. The van der Waals surface area contributed by atoms with Gasteiger partial charge in [0.05, 0.1) is 5.02 Å². The SMILES string of the molecule is CCNCc1nnc(-c2ccc(Br)cc2Cl)s1. The van der Waals surface area contributed by atoms with Crippen molar-refractivity contribution < 1.29 is 0 Å². The van der Waals surface area contributed by atoms with E-state index in [-0.39, 0.29) is 0 Å². The molecule has 2 rings (SSSR count). The molecule has 1 aromatic heterocycles. The van der Waals surface area contributed by atoms with Crippen LogP contribution in [-0.4, -0.2) is 16.7 Å². The lowest BCUT2D eigenvalue weighted by Gasteiger charge is -1.99. The van der Waals surface area contributed by atoms with Crippen LogP contribution >= 0.6 is 38.9 Å². The molecular weight excluding hydrogens is 322 g/mol. The number of nitrogens with one attached hydrogen (secondary N) is 1. The molecule has 0 atom stereocenters. The number of nitrogens with zero attached hydrogens (tertiary/aromatic N) is 2. The summed E-state index contributed by atoms with van der Waals surface area (Å²) in [5.74, 6) is 0. The van der Waals surface area contributed by atoms with Crippen LogP contribution in [-0.2, 0) is 6.54 Å². The molecule has 0 unspecified atom stereocenters. The van der Waals surface area contributed by atoms with Crippen molar-refractivity contribution in [1.29, 1.82) is 0 Å². The summed E-state index contributed by atoms with van der Waals surface area (Å²) in [7, 11) is 0. The van der Waals surface area contributed by atoms with Crippen molar-refractivity contribution in [2.45, 2.75) is 13.5 Å². The highest BCUT2D eigenvalue weighted by atomic mass is 79.9. The van der Waals surface area contributed by atoms with E-state index in [0.717, 1.165) is 33.1 Å². The Labute approximate surface area is 117 Å². The van der Waals surface area contributed by atoms with E-state index in [9.17, 15) is 0 Å². The maximum absolute atomic E-state index is 6.17. The minimum Gasteiger partial charge on any atom is -0.311 e. The molecule has 0 fully saturated rings. The van der Waals surface area contributed by atoms with E-state index in [1.54, 1.807) is 11.3 Å².